The lowest BCUT2D eigenvalue weighted by atomic mass is 10.1. The van der Waals surface area contributed by atoms with Crippen LogP contribution < -0.4 is 4.31 Å². The molecule has 0 aliphatic heterocycles. The summed E-state index contributed by atoms with van der Waals surface area (Å²) in [4.78, 5) is 14.3. The topological polar surface area (TPSA) is 63.7 Å². The van der Waals surface area contributed by atoms with Gasteiger partial charge in [0.25, 0.3) is 5.91 Å². The first-order chi connectivity index (χ1) is 13.5. The molecular formula is C22H23N2O3S-. The molecule has 0 saturated carbocycles. The lowest BCUT2D eigenvalue weighted by Gasteiger charge is -2.27. The summed E-state index contributed by atoms with van der Waals surface area (Å²) in [5.41, 5.74) is 1.92. The van der Waals surface area contributed by atoms with E-state index in [9.17, 15) is 13.6 Å². The molecule has 0 saturated heterocycles. The number of carbonyl (C=O) groups is 1. The second-order valence-electron chi connectivity index (χ2n) is 6.46. The number of hydrogen-bond acceptors (Lipinski definition) is 3. The minimum Gasteiger partial charge on any atom is -0.755 e. The highest BCUT2D eigenvalue weighted by atomic mass is 32.2. The molecule has 0 aliphatic carbocycles. The van der Waals surface area contributed by atoms with Gasteiger partial charge in [-0.15, -0.1) is 0 Å². The molecule has 28 heavy (non-hydrogen) atoms. The Labute approximate surface area is 168 Å². The van der Waals surface area contributed by atoms with Crippen molar-refractivity contribution in [1.29, 1.82) is 0 Å². The lowest BCUT2D eigenvalue weighted by molar-refractivity contribution is 0.0773. The van der Waals surface area contributed by atoms with Gasteiger partial charge in [-0.25, -0.2) is 0 Å². The zero-order valence-electron chi connectivity index (χ0n) is 16.0. The molecule has 0 bridgehead atoms. The Balaban J connectivity index is 1.89. The largest absolute Gasteiger partial charge is 0.755 e. The maximum absolute atomic E-state index is 12.6. The van der Waals surface area contributed by atoms with E-state index in [4.69, 9.17) is 0 Å². The zero-order chi connectivity index (χ0) is 20.1. The Morgan fingerprint density at radius 1 is 0.929 bits per heavy atom. The van der Waals surface area contributed by atoms with Crippen molar-refractivity contribution < 1.29 is 13.6 Å². The smallest absolute Gasteiger partial charge is 0.253 e. The fourth-order valence-electron chi connectivity index (χ4n) is 3.22. The van der Waals surface area contributed by atoms with Gasteiger partial charge in [-0.1, -0.05) is 42.5 Å². The van der Waals surface area contributed by atoms with E-state index in [0.717, 1.165) is 16.3 Å². The van der Waals surface area contributed by atoms with Crippen molar-refractivity contribution in [3.8, 4) is 0 Å². The van der Waals surface area contributed by atoms with Gasteiger partial charge in [0.1, 0.15) is 0 Å². The van der Waals surface area contributed by atoms with Crippen LogP contribution in [0.5, 0.6) is 0 Å². The van der Waals surface area contributed by atoms with Crippen molar-refractivity contribution in [3.63, 3.8) is 0 Å². The number of rotatable bonds is 7. The highest BCUT2D eigenvalue weighted by Gasteiger charge is 2.14. The van der Waals surface area contributed by atoms with Crippen LogP contribution in [0, 0.1) is 0 Å². The summed E-state index contributed by atoms with van der Waals surface area (Å²) in [6.45, 7) is 5.30. The number of nitrogens with zero attached hydrogens (tertiary/aromatic N) is 2. The van der Waals surface area contributed by atoms with Gasteiger partial charge in [0.15, 0.2) is 0 Å². The number of anilines is 1. The molecule has 3 aromatic rings. The predicted molar refractivity (Wildman–Crippen MR) is 113 cm³/mol. The lowest BCUT2D eigenvalue weighted by Crippen LogP contribution is -2.30. The first kappa shape index (κ1) is 20.0. The molecule has 3 aromatic carbocycles. The molecule has 5 nitrogen and oxygen atoms in total. The van der Waals surface area contributed by atoms with E-state index in [2.05, 4.69) is 0 Å². The second kappa shape index (κ2) is 8.99. The van der Waals surface area contributed by atoms with Crippen LogP contribution in [-0.2, 0) is 17.8 Å². The summed E-state index contributed by atoms with van der Waals surface area (Å²) in [6, 6.07) is 20.5. The fraction of sp³-hybridized carbons (Fsp3) is 0.227. The van der Waals surface area contributed by atoms with E-state index in [0.29, 0.717) is 24.3 Å². The SMILES string of the molecule is CCN(CC)C(=O)c1cccc(CN(c2ccc3ccccc3c2)S(=O)[O-])c1. The van der Waals surface area contributed by atoms with E-state index < -0.39 is 11.3 Å². The average Bonchev–Trinajstić information content (AvgIpc) is 2.72. The van der Waals surface area contributed by atoms with Gasteiger partial charge in [0.05, 0.1) is 6.54 Å². The Hall–Kier alpha value is -2.70. The first-order valence-electron chi connectivity index (χ1n) is 9.27. The van der Waals surface area contributed by atoms with Gasteiger partial charge in [-0.3, -0.25) is 13.3 Å². The molecule has 1 unspecified atom stereocenters. The van der Waals surface area contributed by atoms with Crippen molar-refractivity contribution in [2.75, 3.05) is 17.4 Å². The fourth-order valence-corrected chi connectivity index (χ4v) is 3.76. The number of fused-ring (bicyclic) bond motifs is 1. The third kappa shape index (κ3) is 4.40. The van der Waals surface area contributed by atoms with E-state index in [1.54, 1.807) is 29.2 Å². The average molecular weight is 396 g/mol. The highest BCUT2D eigenvalue weighted by Crippen LogP contribution is 2.25. The van der Waals surface area contributed by atoms with Crippen LogP contribution in [0.2, 0.25) is 0 Å². The molecular weight excluding hydrogens is 372 g/mol. The Bertz CT molecular complexity index is 1000. The molecule has 3 rings (SSSR count). The molecule has 6 heteroatoms. The van der Waals surface area contributed by atoms with Crippen molar-refractivity contribution in [3.05, 3.63) is 77.9 Å². The molecule has 1 atom stereocenters. The van der Waals surface area contributed by atoms with E-state index in [1.807, 2.05) is 56.3 Å². The number of amides is 1. The maximum atomic E-state index is 12.6. The van der Waals surface area contributed by atoms with Crippen LogP contribution in [0.3, 0.4) is 0 Å². The van der Waals surface area contributed by atoms with Crippen LogP contribution in [0.25, 0.3) is 10.8 Å². The predicted octanol–water partition coefficient (Wildman–Crippen LogP) is 4.12. The minimum absolute atomic E-state index is 0.0487. The van der Waals surface area contributed by atoms with Gasteiger partial charge in [-0.2, -0.15) is 0 Å². The van der Waals surface area contributed by atoms with Gasteiger partial charge >= 0.3 is 0 Å². The van der Waals surface area contributed by atoms with Gasteiger partial charge in [0, 0.05) is 35.6 Å². The van der Waals surface area contributed by atoms with E-state index in [-0.39, 0.29) is 12.5 Å². The Morgan fingerprint density at radius 2 is 1.64 bits per heavy atom. The van der Waals surface area contributed by atoms with Gasteiger partial charge in [0.2, 0.25) is 0 Å². The van der Waals surface area contributed by atoms with Gasteiger partial charge in [-0.05, 0) is 54.4 Å². The molecule has 0 aromatic heterocycles. The molecule has 146 valence electrons. The highest BCUT2D eigenvalue weighted by molar-refractivity contribution is 7.80. The van der Waals surface area contributed by atoms with Gasteiger partial charge < -0.3 is 9.45 Å². The van der Waals surface area contributed by atoms with E-state index in [1.165, 1.54) is 4.31 Å². The number of hydrogen-bond donors (Lipinski definition) is 0. The van der Waals surface area contributed by atoms with Crippen LogP contribution in [0.4, 0.5) is 5.69 Å². The number of carbonyl (C=O) groups excluding carboxylic acids is 1. The number of benzene rings is 3. The molecule has 1 amide bonds. The third-order valence-corrected chi connectivity index (χ3v) is 5.45. The second-order valence-corrected chi connectivity index (χ2v) is 7.34. The van der Waals surface area contributed by atoms with Crippen molar-refractivity contribution in [2.24, 2.45) is 0 Å². The normalized spacial score (nSPS) is 12.0. The summed E-state index contributed by atoms with van der Waals surface area (Å²) in [5.74, 6) is -0.0487. The van der Waals surface area contributed by atoms with Crippen LogP contribution in [0.15, 0.2) is 66.7 Å². The van der Waals surface area contributed by atoms with Crippen molar-refractivity contribution >= 4 is 33.6 Å². The van der Waals surface area contributed by atoms with Crippen molar-refractivity contribution in [2.45, 2.75) is 20.4 Å². The van der Waals surface area contributed by atoms with Crippen molar-refractivity contribution in [1.82, 2.24) is 4.90 Å². The molecule has 0 radical (unpaired) electrons. The van der Waals surface area contributed by atoms with Crippen LogP contribution in [-0.4, -0.2) is 32.7 Å². The minimum atomic E-state index is -2.44. The summed E-state index contributed by atoms with van der Waals surface area (Å²) < 4.78 is 25.1. The van der Waals surface area contributed by atoms with Crippen LogP contribution in [0.1, 0.15) is 29.8 Å². The molecule has 0 aliphatic rings. The monoisotopic (exact) mass is 395 g/mol. The summed E-state index contributed by atoms with van der Waals surface area (Å²) in [7, 11) is 0. The van der Waals surface area contributed by atoms with Crippen LogP contribution >= 0.6 is 0 Å². The summed E-state index contributed by atoms with van der Waals surface area (Å²) in [5, 5.41) is 2.02. The molecule has 0 heterocycles. The van der Waals surface area contributed by atoms with E-state index >= 15 is 0 Å². The zero-order valence-corrected chi connectivity index (χ0v) is 16.8. The quantitative estimate of drug-likeness (QED) is 0.565. The molecule has 0 N–H and O–H groups in total. The standard InChI is InChI=1S/C22H24N2O3S/c1-3-23(4-2)22(25)20-11-7-8-17(14-20)16-24(28(26)27)21-13-12-18-9-5-6-10-19(18)15-21/h5-15H,3-4,16H2,1-2H3,(H,26,27)/p-1. The Kier molecular flexibility index (Phi) is 6.44. The third-order valence-electron chi connectivity index (χ3n) is 4.75. The summed E-state index contributed by atoms with van der Waals surface area (Å²) in [6.07, 6.45) is 0. The molecule has 0 fully saturated rings. The summed E-state index contributed by atoms with van der Waals surface area (Å²) >= 11 is -2.44. The maximum Gasteiger partial charge on any atom is 0.253 e. The first-order valence-corrected chi connectivity index (χ1v) is 10.3. The Morgan fingerprint density at radius 3 is 2.32 bits per heavy atom. The molecule has 0 spiro atoms.